The van der Waals surface area contributed by atoms with Crippen molar-refractivity contribution in [3.63, 3.8) is 0 Å². The Labute approximate surface area is 142 Å². The number of urea groups is 1. The first-order valence-electron chi connectivity index (χ1n) is 7.76. The average molecular weight is 341 g/mol. The molecule has 1 saturated heterocycles. The second-order valence-electron chi connectivity index (χ2n) is 7.13. The zero-order valence-corrected chi connectivity index (χ0v) is 14.8. The second-order valence-corrected chi connectivity index (χ2v) is 7.56. The van der Waals surface area contributed by atoms with Crippen LogP contribution >= 0.6 is 11.6 Å². The molecule has 2 amide bonds. The second kappa shape index (κ2) is 6.67. The highest BCUT2D eigenvalue weighted by atomic mass is 35.5. The van der Waals surface area contributed by atoms with Gasteiger partial charge in [0.2, 0.25) is 0 Å². The van der Waals surface area contributed by atoms with Gasteiger partial charge in [0.05, 0.1) is 29.9 Å². The van der Waals surface area contributed by atoms with Gasteiger partial charge in [-0.1, -0.05) is 23.7 Å². The molecule has 1 aliphatic heterocycles. The molecule has 1 fully saturated rings. The van der Waals surface area contributed by atoms with Crippen LogP contribution in [0.15, 0.2) is 24.3 Å². The number of nitrogens with one attached hydrogen (secondary N) is 2. The minimum Gasteiger partial charge on any atom is -0.394 e. The molecule has 2 rings (SSSR count). The summed E-state index contributed by atoms with van der Waals surface area (Å²) in [5.74, 6) is 0. The van der Waals surface area contributed by atoms with Crippen molar-refractivity contribution in [3.8, 4) is 0 Å². The third kappa shape index (κ3) is 4.59. The summed E-state index contributed by atoms with van der Waals surface area (Å²) in [6.45, 7) is 7.77. The zero-order chi connectivity index (χ0) is 17.3. The van der Waals surface area contributed by atoms with Crippen LogP contribution in [-0.4, -0.2) is 35.0 Å². The van der Waals surface area contributed by atoms with Crippen LogP contribution in [-0.2, 0) is 4.74 Å². The van der Waals surface area contributed by atoms with Gasteiger partial charge in [-0.2, -0.15) is 0 Å². The Bertz CT molecular complexity index is 557. The largest absolute Gasteiger partial charge is 0.394 e. The number of carbonyl (C=O) groups excluding carboxylic acids is 1. The molecule has 0 aliphatic carbocycles. The Balaban J connectivity index is 1.99. The summed E-state index contributed by atoms with van der Waals surface area (Å²) in [5.41, 5.74) is 0.0958. The quantitative estimate of drug-likeness (QED) is 0.789. The van der Waals surface area contributed by atoms with Gasteiger partial charge in [0.1, 0.15) is 0 Å². The van der Waals surface area contributed by atoms with Crippen LogP contribution in [0.1, 0.15) is 45.7 Å². The molecule has 5 nitrogen and oxygen atoms in total. The third-order valence-electron chi connectivity index (χ3n) is 4.14. The van der Waals surface area contributed by atoms with E-state index in [1.54, 1.807) is 24.3 Å². The van der Waals surface area contributed by atoms with E-state index in [4.69, 9.17) is 16.3 Å². The van der Waals surface area contributed by atoms with Crippen molar-refractivity contribution >= 4 is 17.6 Å². The van der Waals surface area contributed by atoms with Crippen molar-refractivity contribution in [1.29, 1.82) is 0 Å². The lowest BCUT2D eigenvalue weighted by atomic mass is 9.94. The predicted octanol–water partition coefficient (Wildman–Crippen LogP) is 3.02. The Morgan fingerprint density at radius 2 is 1.96 bits per heavy atom. The van der Waals surface area contributed by atoms with E-state index in [1.165, 1.54) is 0 Å². The maximum atomic E-state index is 12.3. The number of benzene rings is 1. The molecule has 23 heavy (non-hydrogen) atoms. The number of aliphatic hydroxyl groups is 1. The fourth-order valence-corrected chi connectivity index (χ4v) is 3.20. The molecule has 1 aliphatic rings. The molecular formula is C17H25ClN2O3. The molecule has 1 aromatic rings. The molecule has 0 radical (unpaired) electrons. The number of aliphatic hydroxyl groups excluding tert-OH is 1. The summed E-state index contributed by atoms with van der Waals surface area (Å²) in [5, 5.41) is 15.9. The molecule has 0 aromatic heterocycles. The summed E-state index contributed by atoms with van der Waals surface area (Å²) >= 11 is 5.86. The van der Waals surface area contributed by atoms with E-state index >= 15 is 0 Å². The van der Waals surface area contributed by atoms with Crippen molar-refractivity contribution in [2.45, 2.75) is 57.4 Å². The highest BCUT2D eigenvalue weighted by molar-refractivity contribution is 6.30. The lowest BCUT2D eigenvalue weighted by Gasteiger charge is -2.28. The summed E-state index contributed by atoms with van der Waals surface area (Å²) in [6.07, 6.45) is 0.734. The van der Waals surface area contributed by atoms with E-state index < -0.39 is 11.6 Å². The molecule has 0 bridgehead atoms. The van der Waals surface area contributed by atoms with Gasteiger partial charge in [0.15, 0.2) is 0 Å². The van der Waals surface area contributed by atoms with Crippen molar-refractivity contribution in [2.24, 2.45) is 0 Å². The Morgan fingerprint density at radius 3 is 2.43 bits per heavy atom. The van der Waals surface area contributed by atoms with E-state index in [-0.39, 0.29) is 24.3 Å². The van der Waals surface area contributed by atoms with Gasteiger partial charge < -0.3 is 20.5 Å². The number of hydrogen-bond acceptors (Lipinski definition) is 3. The number of ether oxygens (including phenoxy) is 1. The van der Waals surface area contributed by atoms with Gasteiger partial charge in [-0.3, -0.25) is 0 Å². The standard InChI is InChI=1S/C17H25ClN2O3/c1-16(2)9-14(17(3,4)23-16)20-15(22)19-13(10-21)11-5-7-12(18)8-6-11/h5-8,13-14,21H,9-10H2,1-4H3,(H2,19,20,22). The molecule has 3 N–H and O–H groups in total. The van der Waals surface area contributed by atoms with Crippen molar-refractivity contribution in [1.82, 2.24) is 10.6 Å². The Morgan fingerprint density at radius 1 is 1.35 bits per heavy atom. The molecule has 1 heterocycles. The van der Waals surface area contributed by atoms with Crippen LogP contribution in [0.3, 0.4) is 0 Å². The average Bonchev–Trinajstić information content (AvgIpc) is 2.64. The van der Waals surface area contributed by atoms with Crippen LogP contribution in [0.5, 0.6) is 0 Å². The molecule has 128 valence electrons. The highest BCUT2D eigenvalue weighted by Gasteiger charge is 2.46. The Kier molecular flexibility index (Phi) is 5.23. The maximum Gasteiger partial charge on any atom is 0.315 e. The molecule has 2 unspecified atom stereocenters. The zero-order valence-electron chi connectivity index (χ0n) is 14.0. The SMILES string of the molecule is CC1(C)CC(NC(=O)NC(CO)c2ccc(Cl)cc2)C(C)(C)O1. The molecule has 1 aromatic carbocycles. The summed E-state index contributed by atoms with van der Waals surface area (Å²) < 4.78 is 5.97. The maximum absolute atomic E-state index is 12.3. The predicted molar refractivity (Wildman–Crippen MR) is 90.6 cm³/mol. The first-order chi connectivity index (χ1) is 10.6. The van der Waals surface area contributed by atoms with E-state index in [0.29, 0.717) is 5.02 Å². The summed E-state index contributed by atoms with van der Waals surface area (Å²) in [7, 11) is 0. The van der Waals surface area contributed by atoms with Crippen LogP contribution in [0.4, 0.5) is 4.79 Å². The minimum absolute atomic E-state index is 0.0953. The van der Waals surface area contributed by atoms with Gasteiger partial charge in [0, 0.05) is 5.02 Å². The smallest absolute Gasteiger partial charge is 0.315 e. The summed E-state index contributed by atoms with van der Waals surface area (Å²) in [6, 6.07) is 6.14. The number of carbonyl (C=O) groups is 1. The van der Waals surface area contributed by atoms with Crippen LogP contribution < -0.4 is 10.6 Å². The van der Waals surface area contributed by atoms with E-state index in [1.807, 2.05) is 27.7 Å². The number of halogens is 1. The van der Waals surface area contributed by atoms with Crippen LogP contribution in [0.2, 0.25) is 5.02 Å². The molecular weight excluding hydrogens is 316 g/mol. The monoisotopic (exact) mass is 340 g/mol. The highest BCUT2D eigenvalue weighted by Crippen LogP contribution is 2.37. The van der Waals surface area contributed by atoms with Crippen molar-refractivity contribution in [3.05, 3.63) is 34.9 Å². The lowest BCUT2D eigenvalue weighted by Crippen LogP contribution is -2.50. The van der Waals surface area contributed by atoms with Crippen molar-refractivity contribution < 1.29 is 14.6 Å². The molecule has 0 saturated carbocycles. The van der Waals surface area contributed by atoms with Crippen LogP contribution in [0.25, 0.3) is 0 Å². The molecule has 6 heteroatoms. The van der Waals surface area contributed by atoms with Crippen molar-refractivity contribution in [2.75, 3.05) is 6.61 Å². The number of rotatable bonds is 4. The van der Waals surface area contributed by atoms with Gasteiger partial charge in [-0.25, -0.2) is 4.79 Å². The van der Waals surface area contributed by atoms with E-state index in [9.17, 15) is 9.90 Å². The van der Waals surface area contributed by atoms with E-state index in [2.05, 4.69) is 10.6 Å². The van der Waals surface area contributed by atoms with Gasteiger partial charge in [0.25, 0.3) is 0 Å². The minimum atomic E-state index is -0.481. The molecule has 0 spiro atoms. The first kappa shape index (κ1) is 18.0. The van der Waals surface area contributed by atoms with Gasteiger partial charge >= 0.3 is 6.03 Å². The molecule has 2 atom stereocenters. The van der Waals surface area contributed by atoms with E-state index in [0.717, 1.165) is 12.0 Å². The normalized spacial score (nSPS) is 23.3. The lowest BCUT2D eigenvalue weighted by molar-refractivity contribution is -0.0691. The van der Waals surface area contributed by atoms with Crippen LogP contribution in [0, 0.1) is 0 Å². The fourth-order valence-electron chi connectivity index (χ4n) is 3.07. The number of hydrogen-bond donors (Lipinski definition) is 3. The Hall–Kier alpha value is -1.30. The van der Waals surface area contributed by atoms with Gasteiger partial charge in [-0.05, 0) is 51.8 Å². The fraction of sp³-hybridized carbons (Fsp3) is 0.588. The van der Waals surface area contributed by atoms with Gasteiger partial charge in [-0.15, -0.1) is 0 Å². The topological polar surface area (TPSA) is 70.6 Å². The third-order valence-corrected chi connectivity index (χ3v) is 4.39. The summed E-state index contributed by atoms with van der Waals surface area (Å²) in [4.78, 5) is 12.3. The first-order valence-corrected chi connectivity index (χ1v) is 8.14. The number of amides is 2.